The van der Waals surface area contributed by atoms with E-state index in [4.69, 9.17) is 9.47 Å². The summed E-state index contributed by atoms with van der Waals surface area (Å²) in [7, 11) is 6.39. The molecule has 0 aromatic carbocycles. The number of hydrogen-bond acceptors (Lipinski definition) is 6. The van der Waals surface area contributed by atoms with Crippen molar-refractivity contribution in [1.82, 2.24) is 20.2 Å². The predicted octanol–water partition coefficient (Wildman–Crippen LogP) is 0.177. The number of ether oxygens (including phenoxy) is 2. The Morgan fingerprint density at radius 1 is 1.21 bits per heavy atom. The largest absolute Gasteiger partial charge is 0.481 e. The first-order valence-corrected chi connectivity index (χ1v) is 5.73. The van der Waals surface area contributed by atoms with Gasteiger partial charge in [-0.15, -0.1) is 0 Å². The van der Waals surface area contributed by atoms with Crippen LogP contribution in [0.3, 0.4) is 0 Å². The molecule has 1 heterocycles. The fourth-order valence-electron chi connectivity index (χ4n) is 1.19. The quantitative estimate of drug-likeness (QED) is 0.716. The van der Waals surface area contributed by atoms with Crippen molar-refractivity contribution < 1.29 is 14.3 Å². The molecule has 1 aromatic rings. The number of urea groups is 1. The van der Waals surface area contributed by atoms with Crippen molar-refractivity contribution in [1.29, 1.82) is 0 Å². The third-order valence-corrected chi connectivity index (χ3v) is 2.19. The Morgan fingerprint density at radius 2 is 1.79 bits per heavy atom. The van der Waals surface area contributed by atoms with Gasteiger partial charge >= 0.3 is 6.03 Å². The number of methoxy groups -OCH3 is 2. The monoisotopic (exact) mass is 269 g/mol. The second-order valence-corrected chi connectivity index (χ2v) is 3.83. The Hall–Kier alpha value is -2.25. The van der Waals surface area contributed by atoms with E-state index in [1.54, 1.807) is 20.2 Å². The van der Waals surface area contributed by atoms with E-state index < -0.39 is 0 Å². The van der Waals surface area contributed by atoms with E-state index in [0.717, 1.165) is 0 Å². The van der Waals surface area contributed by atoms with Gasteiger partial charge in [-0.05, 0) is 0 Å². The van der Waals surface area contributed by atoms with Crippen LogP contribution in [-0.4, -0.2) is 62.3 Å². The van der Waals surface area contributed by atoms with E-state index in [-0.39, 0.29) is 6.03 Å². The molecule has 0 aliphatic rings. The molecule has 0 aliphatic carbocycles. The number of carbonyl (C=O) groups excluding carboxylic acids is 1. The molecule has 0 bridgehead atoms. The zero-order chi connectivity index (χ0) is 14.3. The van der Waals surface area contributed by atoms with E-state index in [9.17, 15) is 4.79 Å². The van der Waals surface area contributed by atoms with Gasteiger partial charge < -0.3 is 25.0 Å². The van der Waals surface area contributed by atoms with Gasteiger partial charge in [-0.1, -0.05) is 0 Å². The molecular weight excluding hydrogens is 250 g/mol. The third kappa shape index (κ3) is 4.86. The van der Waals surface area contributed by atoms with Crippen molar-refractivity contribution in [2.45, 2.75) is 0 Å². The number of anilines is 1. The molecule has 0 saturated heterocycles. The fraction of sp³-hybridized carbons (Fsp3) is 0.545. The van der Waals surface area contributed by atoms with Crippen molar-refractivity contribution in [3.8, 4) is 11.8 Å². The Bertz CT molecular complexity index is 403. The lowest BCUT2D eigenvalue weighted by molar-refractivity contribution is 0.218. The number of aromatic nitrogens is 2. The van der Waals surface area contributed by atoms with Crippen LogP contribution in [0.25, 0.3) is 0 Å². The summed E-state index contributed by atoms with van der Waals surface area (Å²) in [6.45, 7) is 0.954. The van der Waals surface area contributed by atoms with Gasteiger partial charge in [0, 0.05) is 27.2 Å². The highest BCUT2D eigenvalue weighted by Crippen LogP contribution is 2.16. The second kappa shape index (κ2) is 7.24. The molecule has 0 spiro atoms. The van der Waals surface area contributed by atoms with Gasteiger partial charge in [0.25, 0.3) is 0 Å². The lowest BCUT2D eigenvalue weighted by Crippen LogP contribution is -2.37. The summed E-state index contributed by atoms with van der Waals surface area (Å²) in [4.78, 5) is 20.9. The molecule has 0 atom stereocenters. The SMILES string of the molecule is COc1cc(OC)nc(NCCNC(=O)N(C)C)n1. The number of hydrogen-bond donors (Lipinski definition) is 2. The summed E-state index contributed by atoms with van der Waals surface area (Å²) in [6, 6.07) is 1.44. The first-order valence-electron chi connectivity index (χ1n) is 5.73. The molecule has 0 radical (unpaired) electrons. The van der Waals surface area contributed by atoms with Crippen LogP contribution in [0.2, 0.25) is 0 Å². The van der Waals surface area contributed by atoms with Gasteiger partial charge in [0.1, 0.15) is 0 Å². The van der Waals surface area contributed by atoms with Crippen LogP contribution in [0.5, 0.6) is 11.8 Å². The lowest BCUT2D eigenvalue weighted by Gasteiger charge is -2.12. The van der Waals surface area contributed by atoms with Crippen LogP contribution in [0.4, 0.5) is 10.7 Å². The van der Waals surface area contributed by atoms with Crippen molar-refractivity contribution >= 4 is 12.0 Å². The first-order chi connectivity index (χ1) is 9.06. The number of nitrogens with zero attached hydrogens (tertiary/aromatic N) is 3. The average Bonchev–Trinajstić information content (AvgIpc) is 2.42. The van der Waals surface area contributed by atoms with Gasteiger partial charge in [-0.3, -0.25) is 0 Å². The summed E-state index contributed by atoms with van der Waals surface area (Å²) >= 11 is 0. The summed E-state index contributed by atoms with van der Waals surface area (Å²) in [5, 5.41) is 5.69. The number of rotatable bonds is 6. The molecule has 0 fully saturated rings. The van der Waals surface area contributed by atoms with E-state index >= 15 is 0 Å². The highest BCUT2D eigenvalue weighted by atomic mass is 16.5. The van der Waals surface area contributed by atoms with Crippen molar-refractivity contribution in [3.63, 3.8) is 0 Å². The van der Waals surface area contributed by atoms with E-state index in [1.165, 1.54) is 19.1 Å². The summed E-state index contributed by atoms with van der Waals surface area (Å²) in [5.74, 6) is 1.20. The van der Waals surface area contributed by atoms with Crippen LogP contribution in [0.15, 0.2) is 6.07 Å². The minimum absolute atomic E-state index is 0.147. The van der Waals surface area contributed by atoms with E-state index in [0.29, 0.717) is 30.8 Å². The smallest absolute Gasteiger partial charge is 0.316 e. The molecule has 0 unspecified atom stereocenters. The average molecular weight is 269 g/mol. The Labute approximate surface area is 112 Å². The maximum atomic E-state index is 11.3. The molecule has 1 aromatic heterocycles. The maximum absolute atomic E-state index is 11.3. The third-order valence-electron chi connectivity index (χ3n) is 2.19. The fourth-order valence-corrected chi connectivity index (χ4v) is 1.19. The molecular formula is C11H19N5O3. The van der Waals surface area contributed by atoms with Crippen molar-refractivity contribution in [2.24, 2.45) is 0 Å². The molecule has 8 heteroatoms. The Balaban J connectivity index is 2.46. The van der Waals surface area contributed by atoms with Crippen molar-refractivity contribution in [3.05, 3.63) is 6.07 Å². The zero-order valence-corrected chi connectivity index (χ0v) is 11.6. The summed E-state index contributed by atoms with van der Waals surface area (Å²) in [6.07, 6.45) is 0. The van der Waals surface area contributed by atoms with Gasteiger partial charge in [-0.25, -0.2) is 4.79 Å². The summed E-state index contributed by atoms with van der Waals surface area (Å²) in [5.41, 5.74) is 0. The maximum Gasteiger partial charge on any atom is 0.316 e. The molecule has 2 N–H and O–H groups in total. The van der Waals surface area contributed by atoms with E-state index in [2.05, 4.69) is 20.6 Å². The van der Waals surface area contributed by atoms with Gasteiger partial charge in [0.05, 0.1) is 20.3 Å². The first kappa shape index (κ1) is 14.8. The highest BCUT2D eigenvalue weighted by molar-refractivity contribution is 5.73. The molecule has 8 nitrogen and oxygen atoms in total. The minimum Gasteiger partial charge on any atom is -0.481 e. The number of amides is 2. The molecule has 19 heavy (non-hydrogen) atoms. The number of carbonyl (C=O) groups is 1. The molecule has 0 aliphatic heterocycles. The second-order valence-electron chi connectivity index (χ2n) is 3.83. The van der Waals surface area contributed by atoms with Crippen LogP contribution < -0.4 is 20.1 Å². The van der Waals surface area contributed by atoms with E-state index in [1.807, 2.05) is 0 Å². The molecule has 2 amide bonds. The van der Waals surface area contributed by atoms with Crippen molar-refractivity contribution in [2.75, 3.05) is 46.7 Å². The van der Waals surface area contributed by atoms with Gasteiger partial charge in [0.15, 0.2) is 0 Å². The predicted molar refractivity (Wildman–Crippen MR) is 70.7 cm³/mol. The van der Waals surface area contributed by atoms with Gasteiger partial charge in [0.2, 0.25) is 17.7 Å². The van der Waals surface area contributed by atoms with Crippen LogP contribution in [0.1, 0.15) is 0 Å². The summed E-state index contributed by atoms with van der Waals surface area (Å²) < 4.78 is 10.1. The Kier molecular flexibility index (Phi) is 5.65. The Morgan fingerprint density at radius 3 is 2.26 bits per heavy atom. The number of nitrogens with one attached hydrogen (secondary N) is 2. The topological polar surface area (TPSA) is 88.6 Å². The van der Waals surface area contributed by atoms with Crippen LogP contribution >= 0.6 is 0 Å². The molecule has 1 rings (SSSR count). The van der Waals surface area contributed by atoms with Crippen LogP contribution in [-0.2, 0) is 0 Å². The lowest BCUT2D eigenvalue weighted by atomic mass is 10.5. The zero-order valence-electron chi connectivity index (χ0n) is 11.6. The highest BCUT2D eigenvalue weighted by Gasteiger charge is 2.05. The standard InChI is InChI=1S/C11H19N5O3/c1-16(2)11(17)13-6-5-12-10-14-8(18-3)7-9(15-10)19-4/h7H,5-6H2,1-4H3,(H,13,17)(H,12,14,15). The molecule has 0 saturated carbocycles. The van der Waals surface area contributed by atoms with Crippen LogP contribution in [0, 0.1) is 0 Å². The normalized spacial score (nSPS) is 9.68. The molecule has 106 valence electrons. The minimum atomic E-state index is -0.147. The van der Waals surface area contributed by atoms with Gasteiger partial charge in [-0.2, -0.15) is 9.97 Å².